The van der Waals surface area contributed by atoms with Crippen LogP contribution in [0.5, 0.6) is 0 Å². The van der Waals surface area contributed by atoms with E-state index in [2.05, 4.69) is 81.3 Å². The smallest absolute Gasteiger partial charge is 0.407 e. The van der Waals surface area contributed by atoms with Gasteiger partial charge in [-0.05, 0) is 76.4 Å². The van der Waals surface area contributed by atoms with Crippen LogP contribution in [0.15, 0.2) is 72.2 Å². The van der Waals surface area contributed by atoms with Crippen LogP contribution in [-0.4, -0.2) is 46.6 Å². The number of nitrogens with one attached hydrogen (secondary N) is 2. The van der Waals surface area contributed by atoms with E-state index in [1.54, 1.807) is 22.7 Å². The molecule has 41 heavy (non-hydrogen) atoms. The average Bonchev–Trinajstić information content (AvgIpc) is 3.81. The van der Waals surface area contributed by atoms with Crippen LogP contribution in [0, 0.1) is 5.92 Å². The zero-order chi connectivity index (χ0) is 28.5. The van der Waals surface area contributed by atoms with E-state index in [1.807, 2.05) is 24.9 Å². The summed E-state index contributed by atoms with van der Waals surface area (Å²) in [5, 5.41) is 7.26. The summed E-state index contributed by atoms with van der Waals surface area (Å²) < 4.78 is 4.74. The van der Waals surface area contributed by atoms with Crippen LogP contribution in [0.1, 0.15) is 38.6 Å². The number of ether oxygens (including phenoxy) is 1. The number of benzene rings is 2. The van der Waals surface area contributed by atoms with Crippen molar-refractivity contribution in [3.8, 4) is 31.5 Å². The number of rotatable bonds is 7. The molecule has 210 valence electrons. The Balaban J connectivity index is 1.20. The van der Waals surface area contributed by atoms with E-state index in [0.717, 1.165) is 29.2 Å². The highest BCUT2D eigenvalue weighted by Crippen LogP contribution is 2.38. The number of nitrogens with zero attached hydrogens (tertiary/aromatic N) is 2. The fraction of sp³-hybridized carbons (Fsp3) is 0.281. The third kappa shape index (κ3) is 5.52. The molecule has 9 heteroatoms. The van der Waals surface area contributed by atoms with E-state index in [4.69, 9.17) is 4.74 Å². The summed E-state index contributed by atoms with van der Waals surface area (Å²) in [6.45, 7) is 4.47. The number of methoxy groups -OCH3 is 1. The van der Waals surface area contributed by atoms with E-state index in [-0.39, 0.29) is 17.9 Å². The quantitative estimate of drug-likeness (QED) is 0.205. The number of alkyl carbamates (subject to hydrolysis) is 1. The lowest BCUT2D eigenvalue weighted by Crippen LogP contribution is -2.51. The second kappa shape index (κ2) is 11.5. The molecule has 2 atom stereocenters. The number of thiophene rings is 2. The van der Waals surface area contributed by atoms with Crippen LogP contribution < -0.4 is 5.32 Å². The van der Waals surface area contributed by atoms with Gasteiger partial charge in [-0.2, -0.15) is 0 Å². The van der Waals surface area contributed by atoms with Crippen LogP contribution in [-0.2, 0) is 9.53 Å². The molecule has 0 saturated carbocycles. The zero-order valence-corrected chi connectivity index (χ0v) is 24.9. The van der Waals surface area contributed by atoms with Gasteiger partial charge >= 0.3 is 6.09 Å². The summed E-state index contributed by atoms with van der Waals surface area (Å²) >= 11 is 3.47. The lowest BCUT2D eigenvalue weighted by Gasteiger charge is -2.30. The molecule has 0 spiro atoms. The third-order valence-corrected chi connectivity index (χ3v) is 9.73. The maximum Gasteiger partial charge on any atom is 0.407 e. The van der Waals surface area contributed by atoms with E-state index < -0.39 is 12.1 Å². The number of likely N-dealkylation sites (tertiary alicyclic amines) is 1. The summed E-state index contributed by atoms with van der Waals surface area (Å²) in [5.74, 6) is 0.592. The van der Waals surface area contributed by atoms with Crippen LogP contribution in [0.3, 0.4) is 0 Å². The van der Waals surface area contributed by atoms with E-state index in [9.17, 15) is 9.59 Å². The van der Waals surface area contributed by atoms with Crippen molar-refractivity contribution in [1.29, 1.82) is 0 Å². The SMILES string of the molecule is COC(=O)N[C@@H](C(=O)N1CCC[C@@H]1c1ncc(-c2ccc(-c3ccc4cc(-c5cccs5)ccc4c3)s2)[nH]1)C(C)C. The average molecular weight is 585 g/mol. The maximum atomic E-state index is 13.4. The Kier molecular flexibility index (Phi) is 7.64. The molecule has 1 aliphatic rings. The van der Waals surface area contributed by atoms with E-state index in [1.165, 1.54) is 38.8 Å². The molecule has 2 N–H and O–H groups in total. The van der Waals surface area contributed by atoms with Crippen molar-refractivity contribution in [2.75, 3.05) is 13.7 Å². The monoisotopic (exact) mass is 584 g/mol. The molecule has 5 aromatic rings. The Labute approximate surface area is 247 Å². The molecule has 0 bridgehead atoms. The number of carbonyl (C=O) groups is 2. The minimum atomic E-state index is -0.651. The van der Waals surface area contributed by atoms with Gasteiger partial charge in [-0.1, -0.05) is 44.2 Å². The number of aromatic amines is 1. The molecule has 6 rings (SSSR count). The summed E-state index contributed by atoms with van der Waals surface area (Å²) in [6, 6.07) is 21.0. The first-order chi connectivity index (χ1) is 19.9. The van der Waals surface area contributed by atoms with Gasteiger partial charge < -0.3 is 19.9 Å². The second-order valence-electron chi connectivity index (χ2n) is 10.6. The Morgan fingerprint density at radius 1 is 1.02 bits per heavy atom. The first kappa shape index (κ1) is 27.2. The molecule has 0 aliphatic carbocycles. The van der Waals surface area contributed by atoms with Gasteiger partial charge in [-0.3, -0.25) is 4.79 Å². The summed E-state index contributed by atoms with van der Waals surface area (Å²) in [7, 11) is 1.30. The molecule has 3 aromatic heterocycles. The molecule has 4 heterocycles. The molecule has 1 fully saturated rings. The summed E-state index contributed by atoms with van der Waals surface area (Å²) in [5.41, 5.74) is 3.36. The molecule has 0 unspecified atom stereocenters. The van der Waals surface area contributed by atoms with Crippen LogP contribution in [0.25, 0.3) is 42.2 Å². The Hall–Kier alpha value is -3.95. The van der Waals surface area contributed by atoms with Crippen molar-refractivity contribution in [1.82, 2.24) is 20.2 Å². The lowest BCUT2D eigenvalue weighted by molar-refractivity contribution is -0.135. The van der Waals surface area contributed by atoms with Gasteiger partial charge in [-0.25, -0.2) is 9.78 Å². The van der Waals surface area contributed by atoms with Gasteiger partial charge in [0, 0.05) is 16.3 Å². The fourth-order valence-electron chi connectivity index (χ4n) is 5.46. The number of fused-ring (bicyclic) bond motifs is 1. The molecular weight excluding hydrogens is 553 g/mol. The van der Waals surface area contributed by atoms with E-state index >= 15 is 0 Å². The van der Waals surface area contributed by atoms with Gasteiger partial charge in [0.25, 0.3) is 0 Å². The summed E-state index contributed by atoms with van der Waals surface area (Å²) in [6.07, 6.45) is 2.96. The van der Waals surface area contributed by atoms with Crippen molar-refractivity contribution in [3.63, 3.8) is 0 Å². The standard InChI is InChI=1S/C32H32N4O3S2/c1-19(2)29(35-32(38)39-3)31(37)36-14-4-6-25(36)30-33-18-24(34-30)28-13-12-27(41-28)23-11-9-20-16-22(10-8-21(20)17-23)26-7-5-15-40-26/h5,7-13,15-19,25,29H,4,6,14H2,1-3H3,(H,33,34)(H,35,38)/t25-,29-/m1/s1. The van der Waals surface area contributed by atoms with Gasteiger partial charge in [0.1, 0.15) is 11.9 Å². The lowest BCUT2D eigenvalue weighted by atomic mass is 10.0. The zero-order valence-electron chi connectivity index (χ0n) is 23.2. The Bertz CT molecular complexity index is 1690. The van der Waals surface area contributed by atoms with Crippen molar-refractivity contribution < 1.29 is 14.3 Å². The molecule has 1 aliphatic heterocycles. The normalized spacial score (nSPS) is 15.9. The first-order valence-electron chi connectivity index (χ1n) is 13.8. The predicted octanol–water partition coefficient (Wildman–Crippen LogP) is 7.73. The number of carbonyl (C=O) groups excluding carboxylic acids is 2. The fourth-order valence-corrected chi connectivity index (χ4v) is 7.15. The number of aromatic nitrogens is 2. The molecule has 2 aromatic carbocycles. The predicted molar refractivity (Wildman–Crippen MR) is 166 cm³/mol. The number of amides is 2. The van der Waals surface area contributed by atoms with Crippen molar-refractivity contribution in [2.45, 2.75) is 38.8 Å². The van der Waals surface area contributed by atoms with Gasteiger partial charge in [0.05, 0.1) is 29.9 Å². The topological polar surface area (TPSA) is 87.3 Å². The molecular formula is C32H32N4O3S2. The number of imidazole rings is 1. The Morgan fingerprint density at radius 3 is 2.44 bits per heavy atom. The van der Waals surface area contributed by atoms with Crippen molar-refractivity contribution >= 4 is 45.4 Å². The first-order valence-corrected chi connectivity index (χ1v) is 15.5. The Morgan fingerprint density at radius 2 is 1.76 bits per heavy atom. The van der Waals surface area contributed by atoms with Gasteiger partial charge in [0.15, 0.2) is 0 Å². The van der Waals surface area contributed by atoms with Crippen molar-refractivity contribution in [2.24, 2.45) is 5.92 Å². The number of hydrogen-bond donors (Lipinski definition) is 2. The minimum Gasteiger partial charge on any atom is -0.453 e. The van der Waals surface area contributed by atoms with Gasteiger partial charge in [-0.15, -0.1) is 22.7 Å². The highest BCUT2D eigenvalue weighted by atomic mass is 32.1. The highest BCUT2D eigenvalue weighted by molar-refractivity contribution is 7.18. The maximum absolute atomic E-state index is 13.4. The molecule has 0 radical (unpaired) electrons. The van der Waals surface area contributed by atoms with Crippen LogP contribution in [0.4, 0.5) is 4.79 Å². The summed E-state index contributed by atoms with van der Waals surface area (Å²) in [4.78, 5) is 38.9. The van der Waals surface area contributed by atoms with Crippen LogP contribution >= 0.6 is 22.7 Å². The van der Waals surface area contributed by atoms with Crippen LogP contribution in [0.2, 0.25) is 0 Å². The highest BCUT2D eigenvalue weighted by Gasteiger charge is 2.37. The molecule has 7 nitrogen and oxygen atoms in total. The molecule has 2 amide bonds. The third-order valence-electron chi connectivity index (χ3n) is 7.64. The number of hydrogen-bond acceptors (Lipinski definition) is 6. The minimum absolute atomic E-state index is 0.0716. The van der Waals surface area contributed by atoms with E-state index in [0.29, 0.717) is 6.54 Å². The largest absolute Gasteiger partial charge is 0.453 e. The van der Waals surface area contributed by atoms with Crippen molar-refractivity contribution in [3.05, 3.63) is 78.1 Å². The number of H-pyrrole nitrogens is 1. The molecule has 1 saturated heterocycles. The second-order valence-corrected chi connectivity index (χ2v) is 12.7. The van der Waals surface area contributed by atoms with Gasteiger partial charge in [0.2, 0.25) is 5.91 Å².